The van der Waals surface area contributed by atoms with Crippen LogP contribution in [0.3, 0.4) is 0 Å². The van der Waals surface area contributed by atoms with Gasteiger partial charge in [-0.25, -0.2) is 0 Å². The van der Waals surface area contributed by atoms with E-state index in [9.17, 15) is 29.8 Å². The van der Waals surface area contributed by atoms with Gasteiger partial charge in [-0.2, -0.15) is 0 Å². The molecule has 1 aliphatic rings. The van der Waals surface area contributed by atoms with Gasteiger partial charge in [0.25, 0.3) is 16.8 Å². The van der Waals surface area contributed by atoms with Gasteiger partial charge in [-0.3, -0.25) is 34.7 Å². The highest BCUT2D eigenvalue weighted by Gasteiger charge is 2.35. The van der Waals surface area contributed by atoms with Gasteiger partial charge in [-0.15, -0.1) is 0 Å². The summed E-state index contributed by atoms with van der Waals surface area (Å²) < 4.78 is 10.2. The summed E-state index contributed by atoms with van der Waals surface area (Å²) in [5, 5.41) is 21.7. The summed E-state index contributed by atoms with van der Waals surface area (Å²) in [4.78, 5) is 47.1. The van der Waals surface area contributed by atoms with Gasteiger partial charge in [0.2, 0.25) is 5.75 Å². The third kappa shape index (κ3) is 4.48. The van der Waals surface area contributed by atoms with Crippen LogP contribution in [0.2, 0.25) is 0 Å². The minimum atomic E-state index is -0.635. The van der Waals surface area contributed by atoms with Gasteiger partial charge in [0.1, 0.15) is 5.75 Å². The summed E-state index contributed by atoms with van der Waals surface area (Å²) in [5.41, 5.74) is 0.145. The standard InChI is InChI=1S/C19H15N3O8S/c1-29-15-9-16(30-2)14(22(27)28)7-12(15)8-17-18(23)20(19(24)31-17)10-11-4-3-5-13(6-11)21(25)26/h3-9H,10H2,1-2H3/b17-8+. The molecule has 1 saturated heterocycles. The van der Waals surface area contributed by atoms with Crippen molar-refractivity contribution in [3.05, 3.63) is 72.7 Å². The number of imide groups is 1. The van der Waals surface area contributed by atoms with E-state index in [1.54, 1.807) is 6.07 Å². The Morgan fingerprint density at radius 2 is 1.74 bits per heavy atom. The number of hydrogen-bond acceptors (Lipinski definition) is 9. The maximum atomic E-state index is 12.8. The Labute approximate surface area is 179 Å². The zero-order valence-corrected chi connectivity index (χ0v) is 17.1. The number of amides is 2. The minimum absolute atomic E-state index is 0.0159. The number of carbonyl (C=O) groups excluding carboxylic acids is 2. The first kappa shape index (κ1) is 21.8. The molecule has 2 aromatic rings. The van der Waals surface area contributed by atoms with Crippen LogP contribution in [0.5, 0.6) is 11.5 Å². The quantitative estimate of drug-likeness (QED) is 0.353. The van der Waals surface area contributed by atoms with Crippen molar-refractivity contribution in [2.45, 2.75) is 6.54 Å². The molecule has 160 valence electrons. The lowest BCUT2D eigenvalue weighted by atomic mass is 10.1. The van der Waals surface area contributed by atoms with Gasteiger partial charge in [0.05, 0.1) is 35.5 Å². The molecule has 0 saturated carbocycles. The summed E-state index contributed by atoms with van der Waals surface area (Å²) in [5.74, 6) is -0.423. The first-order chi connectivity index (χ1) is 14.7. The van der Waals surface area contributed by atoms with Gasteiger partial charge < -0.3 is 9.47 Å². The predicted molar refractivity (Wildman–Crippen MR) is 111 cm³/mol. The lowest BCUT2D eigenvalue weighted by Crippen LogP contribution is -2.27. The zero-order chi connectivity index (χ0) is 22.7. The molecule has 0 bridgehead atoms. The second-order valence-electron chi connectivity index (χ2n) is 6.22. The fourth-order valence-corrected chi connectivity index (χ4v) is 3.72. The number of ether oxygens (including phenoxy) is 2. The Morgan fingerprint density at radius 3 is 2.35 bits per heavy atom. The highest BCUT2D eigenvalue weighted by Crippen LogP contribution is 2.39. The van der Waals surface area contributed by atoms with Gasteiger partial charge >= 0.3 is 5.69 Å². The highest BCUT2D eigenvalue weighted by atomic mass is 32.2. The van der Waals surface area contributed by atoms with Gasteiger partial charge in [-0.05, 0) is 23.4 Å². The van der Waals surface area contributed by atoms with E-state index in [0.29, 0.717) is 17.3 Å². The molecule has 0 atom stereocenters. The first-order valence-electron chi connectivity index (χ1n) is 8.64. The Hall–Kier alpha value is -3.93. The van der Waals surface area contributed by atoms with Crippen LogP contribution in [0.25, 0.3) is 6.08 Å². The van der Waals surface area contributed by atoms with Crippen LogP contribution < -0.4 is 9.47 Å². The Balaban J connectivity index is 1.93. The first-order valence-corrected chi connectivity index (χ1v) is 9.46. The molecule has 1 aliphatic heterocycles. The van der Waals surface area contributed by atoms with Crippen molar-refractivity contribution in [1.82, 2.24) is 4.90 Å². The van der Waals surface area contributed by atoms with Crippen LogP contribution in [-0.4, -0.2) is 40.1 Å². The molecule has 3 rings (SSSR count). The molecule has 0 unspecified atom stereocenters. The summed E-state index contributed by atoms with van der Waals surface area (Å²) in [6, 6.07) is 8.12. The largest absolute Gasteiger partial charge is 0.496 e. The maximum Gasteiger partial charge on any atom is 0.311 e. The molecule has 2 amide bonds. The number of hydrogen-bond donors (Lipinski definition) is 0. The molecule has 12 heteroatoms. The van der Waals surface area contributed by atoms with Crippen LogP contribution >= 0.6 is 11.8 Å². The third-order valence-electron chi connectivity index (χ3n) is 4.35. The molecule has 31 heavy (non-hydrogen) atoms. The molecule has 0 radical (unpaired) electrons. The SMILES string of the molecule is COc1cc(OC)c([N+](=O)[O-])cc1/C=C1/SC(=O)N(Cc2cccc([N+](=O)[O-])c2)C1=O. The van der Waals surface area contributed by atoms with Crippen molar-refractivity contribution in [2.75, 3.05) is 14.2 Å². The van der Waals surface area contributed by atoms with Crippen molar-refractivity contribution in [2.24, 2.45) is 0 Å². The van der Waals surface area contributed by atoms with Crippen molar-refractivity contribution in [1.29, 1.82) is 0 Å². The number of nitro benzene ring substituents is 2. The molecule has 2 aromatic carbocycles. The van der Waals surface area contributed by atoms with E-state index in [0.717, 1.165) is 4.90 Å². The third-order valence-corrected chi connectivity index (χ3v) is 5.26. The fraction of sp³-hybridized carbons (Fsp3) is 0.158. The number of thioether (sulfide) groups is 1. The normalized spacial score (nSPS) is 14.8. The number of nitro groups is 2. The maximum absolute atomic E-state index is 12.8. The molecule has 0 aliphatic carbocycles. The summed E-state index contributed by atoms with van der Waals surface area (Å²) in [6.45, 7) is -0.149. The van der Waals surface area contributed by atoms with Crippen LogP contribution in [-0.2, 0) is 11.3 Å². The number of carbonyl (C=O) groups is 2. The fourth-order valence-electron chi connectivity index (χ4n) is 2.89. The molecule has 11 nitrogen and oxygen atoms in total. The number of methoxy groups -OCH3 is 2. The van der Waals surface area contributed by atoms with Gasteiger partial charge in [-0.1, -0.05) is 12.1 Å². The summed E-state index contributed by atoms with van der Waals surface area (Å²) in [7, 11) is 2.63. The average Bonchev–Trinajstić information content (AvgIpc) is 3.00. The topological polar surface area (TPSA) is 142 Å². The molecule has 0 N–H and O–H groups in total. The molecular weight excluding hydrogens is 430 g/mol. The Kier molecular flexibility index (Phi) is 6.20. The second-order valence-corrected chi connectivity index (χ2v) is 7.21. The number of benzene rings is 2. The van der Waals surface area contributed by atoms with Gasteiger partial charge in [0, 0.05) is 29.8 Å². The summed E-state index contributed by atoms with van der Waals surface area (Å²) >= 11 is 0.658. The number of rotatable bonds is 7. The van der Waals surface area contributed by atoms with E-state index in [2.05, 4.69) is 0 Å². The molecule has 1 fully saturated rings. The Morgan fingerprint density at radius 1 is 1.03 bits per heavy atom. The van der Waals surface area contributed by atoms with E-state index in [-0.39, 0.29) is 39.9 Å². The van der Waals surface area contributed by atoms with E-state index >= 15 is 0 Å². The summed E-state index contributed by atoms with van der Waals surface area (Å²) in [6.07, 6.45) is 1.32. The van der Waals surface area contributed by atoms with Crippen molar-refractivity contribution in [3.8, 4) is 11.5 Å². The van der Waals surface area contributed by atoms with Crippen LogP contribution in [0.1, 0.15) is 11.1 Å². The van der Waals surface area contributed by atoms with E-state index in [4.69, 9.17) is 9.47 Å². The lowest BCUT2D eigenvalue weighted by molar-refractivity contribution is -0.385. The average molecular weight is 445 g/mol. The number of non-ortho nitro benzene ring substituents is 1. The van der Waals surface area contributed by atoms with Crippen molar-refractivity contribution < 1.29 is 28.9 Å². The monoisotopic (exact) mass is 445 g/mol. The van der Waals surface area contributed by atoms with Crippen molar-refractivity contribution in [3.63, 3.8) is 0 Å². The van der Waals surface area contributed by atoms with E-state index in [1.165, 1.54) is 50.6 Å². The number of nitrogens with zero attached hydrogens (tertiary/aromatic N) is 3. The van der Waals surface area contributed by atoms with E-state index in [1.807, 2.05) is 0 Å². The zero-order valence-electron chi connectivity index (χ0n) is 16.3. The molecular formula is C19H15N3O8S. The highest BCUT2D eigenvalue weighted by molar-refractivity contribution is 8.18. The molecule has 0 spiro atoms. The van der Waals surface area contributed by atoms with E-state index < -0.39 is 21.0 Å². The Bertz CT molecular complexity index is 1130. The van der Waals surface area contributed by atoms with Crippen LogP contribution in [0.15, 0.2) is 41.3 Å². The van der Waals surface area contributed by atoms with Crippen molar-refractivity contribution >= 4 is 40.4 Å². The smallest absolute Gasteiger partial charge is 0.311 e. The molecule has 0 aromatic heterocycles. The van der Waals surface area contributed by atoms with Crippen LogP contribution in [0, 0.1) is 20.2 Å². The lowest BCUT2D eigenvalue weighted by Gasteiger charge is -2.12. The molecule has 1 heterocycles. The minimum Gasteiger partial charge on any atom is -0.496 e. The second kappa shape index (κ2) is 8.83. The van der Waals surface area contributed by atoms with Gasteiger partial charge in [0.15, 0.2) is 0 Å². The van der Waals surface area contributed by atoms with Crippen LogP contribution in [0.4, 0.5) is 16.2 Å². The predicted octanol–water partition coefficient (Wildman–Crippen LogP) is 3.76.